The number of hydrogen-bond donors (Lipinski definition) is 2. The molecule has 0 radical (unpaired) electrons. The molecule has 0 unspecified atom stereocenters. The number of benzene rings is 1. The van der Waals surface area contributed by atoms with Gasteiger partial charge in [-0.3, -0.25) is 0 Å². The normalized spacial score (nSPS) is 12.1. The smallest absolute Gasteiger partial charge is 0.218 e. The fraction of sp³-hybridized carbons (Fsp3) is 0.364. The molecule has 9 heteroatoms. The van der Waals surface area contributed by atoms with Crippen LogP contribution in [0.4, 0.5) is 0 Å². The zero-order chi connectivity index (χ0) is 15.4. The summed E-state index contributed by atoms with van der Waals surface area (Å²) in [7, 11) is -6.00. The maximum atomic E-state index is 12.0. The molecule has 0 fully saturated rings. The molecular weight excluding hydrogens is 302 g/mol. The number of nitrogens with zero attached hydrogens (tertiary/aromatic N) is 1. The summed E-state index contributed by atoms with van der Waals surface area (Å²) in [6.07, 6.45) is 0. The van der Waals surface area contributed by atoms with Crippen molar-refractivity contribution in [1.82, 2.24) is 9.44 Å². The molecule has 0 heterocycles. The van der Waals surface area contributed by atoms with Crippen molar-refractivity contribution in [3.05, 3.63) is 29.3 Å². The Morgan fingerprint density at radius 2 is 1.90 bits per heavy atom. The third kappa shape index (κ3) is 4.28. The van der Waals surface area contributed by atoms with E-state index in [4.69, 9.17) is 5.26 Å². The Morgan fingerprint density at radius 3 is 2.40 bits per heavy atom. The topological polar surface area (TPSA) is 116 Å². The van der Waals surface area contributed by atoms with E-state index >= 15 is 0 Å². The zero-order valence-corrected chi connectivity index (χ0v) is 12.7. The molecule has 0 aliphatic heterocycles. The van der Waals surface area contributed by atoms with Gasteiger partial charge in [0.25, 0.3) is 0 Å². The van der Waals surface area contributed by atoms with Crippen LogP contribution in [0.2, 0.25) is 0 Å². The van der Waals surface area contributed by atoms with Gasteiger partial charge in [-0.05, 0) is 37.7 Å². The van der Waals surface area contributed by atoms with E-state index in [1.165, 1.54) is 25.2 Å². The van der Waals surface area contributed by atoms with Gasteiger partial charge in [-0.15, -0.1) is 0 Å². The first kappa shape index (κ1) is 16.6. The van der Waals surface area contributed by atoms with Gasteiger partial charge in [0.2, 0.25) is 20.0 Å². The third-order valence-electron chi connectivity index (χ3n) is 2.57. The molecule has 0 aliphatic rings. The van der Waals surface area contributed by atoms with Gasteiger partial charge in [-0.2, -0.15) is 5.26 Å². The van der Waals surface area contributed by atoms with Crippen molar-refractivity contribution in [3.63, 3.8) is 0 Å². The van der Waals surface area contributed by atoms with E-state index in [0.29, 0.717) is 11.1 Å². The van der Waals surface area contributed by atoms with Crippen LogP contribution in [-0.2, 0) is 20.0 Å². The second kappa shape index (κ2) is 6.32. The molecular formula is C11H15N3O4S2. The molecule has 2 N–H and O–H groups in total. The molecule has 0 spiro atoms. The summed E-state index contributed by atoms with van der Waals surface area (Å²) < 4.78 is 50.7. The van der Waals surface area contributed by atoms with Crippen molar-refractivity contribution in [2.75, 3.05) is 19.3 Å². The highest BCUT2D eigenvalue weighted by atomic mass is 32.2. The molecule has 1 aromatic rings. The second-order valence-electron chi connectivity index (χ2n) is 4.01. The van der Waals surface area contributed by atoms with E-state index < -0.39 is 20.0 Å². The lowest BCUT2D eigenvalue weighted by atomic mass is 10.2. The fourth-order valence-electron chi connectivity index (χ4n) is 1.51. The molecule has 0 saturated carbocycles. The van der Waals surface area contributed by atoms with Crippen LogP contribution >= 0.6 is 0 Å². The molecule has 0 bridgehead atoms. The summed E-state index contributed by atoms with van der Waals surface area (Å²) in [5.74, 6) is -0.349. The lowest BCUT2D eigenvalue weighted by Gasteiger charge is -2.09. The molecule has 0 amide bonds. The second-order valence-corrected chi connectivity index (χ2v) is 7.79. The minimum absolute atomic E-state index is 0.0263. The molecule has 0 aromatic heterocycles. The van der Waals surface area contributed by atoms with Crippen molar-refractivity contribution in [3.8, 4) is 6.07 Å². The van der Waals surface area contributed by atoms with Crippen molar-refractivity contribution in [2.24, 2.45) is 0 Å². The van der Waals surface area contributed by atoms with Crippen LogP contribution in [0.1, 0.15) is 11.1 Å². The van der Waals surface area contributed by atoms with E-state index in [0.717, 1.165) is 0 Å². The predicted octanol–water partition coefficient (Wildman–Crippen LogP) is -0.306. The minimum atomic E-state index is -3.80. The van der Waals surface area contributed by atoms with Gasteiger partial charge >= 0.3 is 0 Å². The summed E-state index contributed by atoms with van der Waals surface area (Å²) in [4.78, 5) is 0.0263. The van der Waals surface area contributed by atoms with E-state index in [2.05, 4.69) is 9.44 Å². The Bertz CT molecular complexity index is 733. The highest BCUT2D eigenvalue weighted by molar-refractivity contribution is 7.90. The van der Waals surface area contributed by atoms with Gasteiger partial charge in [0.1, 0.15) is 0 Å². The maximum absolute atomic E-state index is 12.0. The number of nitriles is 1. The van der Waals surface area contributed by atoms with Crippen molar-refractivity contribution in [1.29, 1.82) is 5.26 Å². The Labute approximate surface area is 118 Å². The Balaban J connectivity index is 2.88. The van der Waals surface area contributed by atoms with Crippen molar-refractivity contribution >= 4 is 20.0 Å². The molecule has 0 atom stereocenters. The number of aryl methyl sites for hydroxylation is 1. The molecule has 1 rings (SSSR count). The molecule has 0 saturated heterocycles. The largest absolute Gasteiger partial charge is 0.240 e. The number of sulfonamides is 2. The molecule has 7 nitrogen and oxygen atoms in total. The maximum Gasteiger partial charge on any atom is 0.240 e. The lowest BCUT2D eigenvalue weighted by molar-refractivity contribution is 0.578. The summed E-state index contributed by atoms with van der Waals surface area (Å²) in [6, 6.07) is 6.09. The molecule has 0 aliphatic carbocycles. The van der Waals surface area contributed by atoms with Gasteiger partial charge < -0.3 is 0 Å². The fourth-order valence-corrected chi connectivity index (χ4v) is 3.47. The Kier molecular flexibility index (Phi) is 5.24. The average Bonchev–Trinajstić information content (AvgIpc) is 2.37. The quantitative estimate of drug-likeness (QED) is 0.747. The highest BCUT2D eigenvalue weighted by Gasteiger charge is 2.18. The molecule has 1 aromatic carbocycles. The van der Waals surface area contributed by atoms with Crippen LogP contribution in [0, 0.1) is 18.3 Å². The van der Waals surface area contributed by atoms with Crippen molar-refractivity contribution in [2.45, 2.75) is 11.8 Å². The summed E-state index contributed by atoms with van der Waals surface area (Å²) in [5.41, 5.74) is 0.784. The Hall–Kier alpha value is -1.47. The summed E-state index contributed by atoms with van der Waals surface area (Å²) >= 11 is 0. The molecule has 110 valence electrons. The van der Waals surface area contributed by atoms with Crippen LogP contribution < -0.4 is 9.44 Å². The van der Waals surface area contributed by atoms with E-state index in [9.17, 15) is 16.8 Å². The predicted molar refractivity (Wildman–Crippen MR) is 73.9 cm³/mol. The number of nitrogens with one attached hydrogen (secondary N) is 2. The summed E-state index contributed by atoms with van der Waals surface area (Å²) in [5, 5.41) is 8.73. The van der Waals surface area contributed by atoms with Crippen LogP contribution in [0.3, 0.4) is 0 Å². The van der Waals surface area contributed by atoms with Crippen LogP contribution in [0.25, 0.3) is 0 Å². The van der Waals surface area contributed by atoms with Crippen LogP contribution in [0.5, 0.6) is 0 Å². The van der Waals surface area contributed by atoms with Gasteiger partial charge in [0.05, 0.1) is 22.3 Å². The minimum Gasteiger partial charge on any atom is -0.218 e. The Morgan fingerprint density at radius 1 is 1.25 bits per heavy atom. The first-order valence-corrected chi connectivity index (χ1v) is 8.77. The zero-order valence-electron chi connectivity index (χ0n) is 11.0. The van der Waals surface area contributed by atoms with E-state index in [1.807, 2.05) is 6.07 Å². The number of hydrogen-bond acceptors (Lipinski definition) is 5. The van der Waals surface area contributed by atoms with Gasteiger partial charge in [0.15, 0.2) is 0 Å². The highest BCUT2D eigenvalue weighted by Crippen LogP contribution is 2.16. The average molecular weight is 317 g/mol. The van der Waals surface area contributed by atoms with E-state index in [1.54, 1.807) is 6.92 Å². The van der Waals surface area contributed by atoms with E-state index in [-0.39, 0.29) is 17.2 Å². The van der Waals surface area contributed by atoms with Gasteiger partial charge in [-0.25, -0.2) is 26.3 Å². The van der Waals surface area contributed by atoms with Crippen LogP contribution in [-0.4, -0.2) is 36.2 Å². The van der Waals surface area contributed by atoms with Crippen molar-refractivity contribution < 1.29 is 16.8 Å². The first-order chi connectivity index (χ1) is 9.22. The third-order valence-corrected chi connectivity index (χ3v) is 5.55. The monoisotopic (exact) mass is 317 g/mol. The van der Waals surface area contributed by atoms with Gasteiger partial charge in [0, 0.05) is 6.54 Å². The lowest BCUT2D eigenvalue weighted by Crippen LogP contribution is -2.33. The number of rotatable bonds is 6. The summed E-state index contributed by atoms with van der Waals surface area (Å²) in [6.45, 7) is 1.34. The molecule has 20 heavy (non-hydrogen) atoms. The van der Waals surface area contributed by atoms with Gasteiger partial charge in [-0.1, -0.05) is 0 Å². The standard InChI is InChI=1S/C11H15N3O4S2/c1-9-7-10(8-12)3-4-11(9)20(17,18)14-5-6-19(15,16)13-2/h3-4,7,13-14H,5-6H2,1-2H3. The van der Waals surface area contributed by atoms with Crippen LogP contribution in [0.15, 0.2) is 23.1 Å². The SMILES string of the molecule is CNS(=O)(=O)CCNS(=O)(=O)c1ccc(C#N)cc1C. The first-order valence-electron chi connectivity index (χ1n) is 5.63.